The molecule has 0 rings (SSSR count). The molecule has 0 heterocycles. The minimum absolute atomic E-state index is 0.899. The topological polar surface area (TPSA) is 0 Å². The van der Waals surface area contributed by atoms with E-state index >= 15 is 0 Å². The molecule has 0 aromatic heterocycles. The van der Waals surface area contributed by atoms with Gasteiger partial charge >= 0.3 is 8.80 Å². The minimum atomic E-state index is -1.02. The van der Waals surface area contributed by atoms with Gasteiger partial charge in [0.15, 0.2) is 0 Å². The van der Waals surface area contributed by atoms with Crippen molar-refractivity contribution in [1.29, 1.82) is 0 Å². The highest BCUT2D eigenvalue weighted by molar-refractivity contribution is 6.82. The van der Waals surface area contributed by atoms with E-state index in [1.54, 1.807) is 0 Å². The van der Waals surface area contributed by atoms with E-state index in [1.165, 1.54) is 0 Å². The Hall–Kier alpha value is -1.10. The number of hydrogen-bond acceptors (Lipinski definition) is 0. The van der Waals surface area contributed by atoms with E-state index < -0.39 is 8.80 Å². The van der Waals surface area contributed by atoms with Crippen molar-refractivity contribution in [2.24, 2.45) is 0 Å². The van der Waals surface area contributed by atoms with E-state index in [-0.39, 0.29) is 0 Å². The molecule has 0 aromatic rings. The first-order valence-corrected chi connectivity index (χ1v) is 6.18. The lowest BCUT2D eigenvalue weighted by atomic mass is 10.5. The van der Waals surface area contributed by atoms with Crippen LogP contribution in [0.25, 0.3) is 0 Å². The fraction of sp³-hybridized carbons (Fsp3) is 0.500. The summed E-state index contributed by atoms with van der Waals surface area (Å²) in [4.78, 5) is 0. The molecule has 0 unspecified atom stereocenters. The molecule has 0 aliphatic heterocycles. The molecule has 67 valence electrons. The molecule has 1 radical (unpaired) electrons. The van der Waals surface area contributed by atoms with Gasteiger partial charge < -0.3 is 0 Å². The fourth-order valence-corrected chi connectivity index (χ4v) is 1.87. The third-order valence-electron chi connectivity index (χ3n) is 1.17. The van der Waals surface area contributed by atoms with Crippen LogP contribution in [0.3, 0.4) is 0 Å². The molecular weight excluding hydrogens is 172 g/mol. The molecule has 0 aliphatic carbocycles. The highest BCUT2D eigenvalue weighted by Crippen LogP contribution is 1.80. The van der Waals surface area contributed by atoms with Gasteiger partial charge in [-0.05, 0) is 0 Å². The van der Waals surface area contributed by atoms with Crippen molar-refractivity contribution in [2.75, 3.05) is 0 Å². The van der Waals surface area contributed by atoms with Crippen LogP contribution >= 0.6 is 0 Å². The zero-order valence-corrected chi connectivity index (χ0v) is 9.62. The summed E-state index contributed by atoms with van der Waals surface area (Å²) >= 11 is 0. The van der Waals surface area contributed by atoms with Crippen LogP contribution in [0.1, 0.15) is 40.0 Å². The summed E-state index contributed by atoms with van der Waals surface area (Å²) in [6.07, 6.45) is 2.70. The third kappa shape index (κ3) is 7.26. The number of hydrogen-bond donors (Lipinski definition) is 0. The molecule has 0 saturated heterocycles. The summed E-state index contributed by atoms with van der Waals surface area (Å²) in [5.74, 6) is 9.17. The lowest BCUT2D eigenvalue weighted by Crippen LogP contribution is -2.04. The van der Waals surface area contributed by atoms with Crippen LogP contribution in [-0.4, -0.2) is 8.80 Å². The van der Waals surface area contributed by atoms with Crippen molar-refractivity contribution >= 4 is 8.80 Å². The monoisotopic (exact) mass is 187 g/mol. The fourth-order valence-electron chi connectivity index (χ4n) is 0.624. The second kappa shape index (κ2) is 8.99. The van der Waals surface area contributed by atoms with Crippen LogP contribution < -0.4 is 0 Å². The molecule has 0 fully saturated rings. The van der Waals surface area contributed by atoms with E-state index in [0.29, 0.717) is 0 Å². The van der Waals surface area contributed by atoms with Gasteiger partial charge in [0.05, 0.1) is 0 Å². The Balaban J connectivity index is 4.36. The highest BCUT2D eigenvalue weighted by Gasteiger charge is 1.97. The van der Waals surface area contributed by atoms with Crippen molar-refractivity contribution in [3.05, 3.63) is 0 Å². The molecule has 0 aliphatic rings. The van der Waals surface area contributed by atoms with E-state index in [0.717, 1.165) is 19.3 Å². The summed E-state index contributed by atoms with van der Waals surface area (Å²) in [5, 5.41) is 0. The molecule has 1 heteroatoms. The van der Waals surface area contributed by atoms with Gasteiger partial charge in [0.1, 0.15) is 0 Å². The predicted molar refractivity (Wildman–Crippen MR) is 60.0 cm³/mol. The average molecular weight is 187 g/mol. The van der Waals surface area contributed by atoms with Crippen LogP contribution in [0.2, 0.25) is 0 Å². The molecule has 0 nitrogen and oxygen atoms in total. The molecule has 0 spiro atoms. The van der Waals surface area contributed by atoms with Crippen molar-refractivity contribution < 1.29 is 0 Å². The van der Waals surface area contributed by atoms with Crippen molar-refractivity contribution in [1.82, 2.24) is 0 Å². The Bertz CT molecular complexity index is 243. The lowest BCUT2D eigenvalue weighted by Gasteiger charge is -1.84. The van der Waals surface area contributed by atoms with Crippen LogP contribution in [0, 0.1) is 34.4 Å². The minimum Gasteiger partial charge on any atom is -0.108 e. The molecular formula is C12H15Si. The van der Waals surface area contributed by atoms with E-state index in [4.69, 9.17) is 0 Å². The zero-order chi connectivity index (χ0) is 9.94. The van der Waals surface area contributed by atoms with Gasteiger partial charge in [-0.3, -0.25) is 0 Å². The Kier molecular flexibility index (Phi) is 8.23. The summed E-state index contributed by atoms with van der Waals surface area (Å²) < 4.78 is 0. The van der Waals surface area contributed by atoms with E-state index in [1.807, 2.05) is 20.8 Å². The SMILES string of the molecule is CCC#C[Si](C#CCC)C#CCC. The normalized spacial score (nSPS) is 7.38. The van der Waals surface area contributed by atoms with Gasteiger partial charge in [0.25, 0.3) is 0 Å². The Morgan fingerprint density at radius 2 is 1.00 bits per heavy atom. The van der Waals surface area contributed by atoms with Crippen LogP contribution in [0.4, 0.5) is 0 Å². The average Bonchev–Trinajstić information content (AvgIpc) is 2.17. The first-order valence-electron chi connectivity index (χ1n) is 4.68. The van der Waals surface area contributed by atoms with E-state index in [9.17, 15) is 0 Å². The quantitative estimate of drug-likeness (QED) is 0.403. The first-order chi connectivity index (χ1) is 6.35. The largest absolute Gasteiger partial charge is 0.317 e. The zero-order valence-electron chi connectivity index (χ0n) is 8.62. The second-order valence-corrected chi connectivity index (χ2v) is 3.84. The summed E-state index contributed by atoms with van der Waals surface area (Å²) in [5.41, 5.74) is 9.43. The summed E-state index contributed by atoms with van der Waals surface area (Å²) in [6, 6.07) is 0. The standard InChI is InChI=1S/C12H15Si/c1-4-7-10-13(11-8-5-2)12-9-6-3/h4-6H2,1-3H3. The van der Waals surface area contributed by atoms with Gasteiger partial charge in [-0.25, -0.2) is 0 Å². The molecule has 0 atom stereocenters. The lowest BCUT2D eigenvalue weighted by molar-refractivity contribution is 1.28. The van der Waals surface area contributed by atoms with Gasteiger partial charge in [-0.15, -0.1) is 34.4 Å². The van der Waals surface area contributed by atoms with Crippen molar-refractivity contribution in [3.63, 3.8) is 0 Å². The summed E-state index contributed by atoms with van der Waals surface area (Å²) in [6.45, 7) is 6.15. The van der Waals surface area contributed by atoms with Gasteiger partial charge in [0.2, 0.25) is 0 Å². The maximum Gasteiger partial charge on any atom is 0.317 e. The smallest absolute Gasteiger partial charge is 0.108 e. The molecule has 0 N–H and O–H groups in total. The molecule has 0 bridgehead atoms. The van der Waals surface area contributed by atoms with Crippen LogP contribution in [0.15, 0.2) is 0 Å². The highest BCUT2D eigenvalue weighted by atomic mass is 28.3. The van der Waals surface area contributed by atoms with Crippen LogP contribution in [0.5, 0.6) is 0 Å². The van der Waals surface area contributed by atoms with Crippen LogP contribution in [-0.2, 0) is 0 Å². The maximum absolute atomic E-state index is 3.14. The first kappa shape index (κ1) is 11.9. The second-order valence-electron chi connectivity index (χ2n) is 2.34. The molecule has 0 aromatic carbocycles. The Morgan fingerprint density at radius 1 is 0.692 bits per heavy atom. The van der Waals surface area contributed by atoms with E-state index in [2.05, 4.69) is 34.4 Å². The Labute approximate surface area is 83.7 Å². The van der Waals surface area contributed by atoms with Gasteiger partial charge in [0, 0.05) is 19.3 Å². The van der Waals surface area contributed by atoms with Gasteiger partial charge in [-0.2, -0.15) is 0 Å². The number of rotatable bonds is 0. The Morgan fingerprint density at radius 3 is 1.23 bits per heavy atom. The van der Waals surface area contributed by atoms with Crippen molar-refractivity contribution in [2.45, 2.75) is 40.0 Å². The third-order valence-corrected chi connectivity index (χ3v) is 2.45. The summed E-state index contributed by atoms with van der Waals surface area (Å²) in [7, 11) is -1.02. The maximum atomic E-state index is 3.14. The predicted octanol–water partition coefficient (Wildman–Crippen LogP) is 2.34. The molecule has 0 amide bonds. The van der Waals surface area contributed by atoms with Gasteiger partial charge in [-0.1, -0.05) is 20.8 Å². The molecule has 13 heavy (non-hydrogen) atoms. The molecule has 0 saturated carbocycles. The van der Waals surface area contributed by atoms with Crippen molar-refractivity contribution in [3.8, 4) is 34.4 Å².